The van der Waals surface area contributed by atoms with Gasteiger partial charge in [-0.2, -0.15) is 0 Å². The van der Waals surface area contributed by atoms with Gasteiger partial charge in [0, 0.05) is 5.92 Å². The van der Waals surface area contributed by atoms with E-state index in [2.05, 4.69) is 25.8 Å². The molecule has 0 amide bonds. The third-order valence-electron chi connectivity index (χ3n) is 4.71. The molecule has 0 spiro atoms. The number of hydrogen-bond donors (Lipinski definition) is 0. The van der Waals surface area contributed by atoms with Gasteiger partial charge in [-0.3, -0.25) is 4.79 Å². The first-order valence-corrected chi connectivity index (χ1v) is 8.40. The first-order chi connectivity index (χ1) is 11.0. The van der Waals surface area contributed by atoms with Gasteiger partial charge in [0.15, 0.2) is 0 Å². The molecule has 2 rings (SSSR count). The highest BCUT2D eigenvalue weighted by Crippen LogP contribution is 2.53. The molecule has 5 atom stereocenters. The predicted molar refractivity (Wildman–Crippen MR) is 88.7 cm³/mol. The average Bonchev–Trinajstić information content (AvgIpc) is 3.27. The summed E-state index contributed by atoms with van der Waals surface area (Å²) in [5, 5.41) is 0. The highest BCUT2D eigenvalue weighted by Gasteiger charge is 2.60. The highest BCUT2D eigenvalue weighted by atomic mass is 16.5. The van der Waals surface area contributed by atoms with Gasteiger partial charge < -0.3 is 14.2 Å². The molecular weight excluding hydrogens is 296 g/mol. The third-order valence-corrected chi connectivity index (χ3v) is 4.71. The van der Waals surface area contributed by atoms with Crippen LogP contribution in [-0.4, -0.2) is 50.7 Å². The van der Waals surface area contributed by atoms with Gasteiger partial charge in [0.2, 0.25) is 11.8 Å². The molecule has 6 heteroatoms. The minimum absolute atomic E-state index is 0.0796. The van der Waals surface area contributed by atoms with E-state index in [9.17, 15) is 4.79 Å². The first-order valence-electron chi connectivity index (χ1n) is 8.40. The Labute approximate surface area is 138 Å². The van der Waals surface area contributed by atoms with E-state index in [0.717, 1.165) is 6.42 Å². The summed E-state index contributed by atoms with van der Waals surface area (Å²) in [6.45, 7) is 8.46. The lowest BCUT2D eigenvalue weighted by molar-refractivity contribution is -0.145. The second-order valence-electron chi connectivity index (χ2n) is 6.40. The van der Waals surface area contributed by atoms with Crippen molar-refractivity contribution in [2.75, 3.05) is 20.8 Å². The van der Waals surface area contributed by atoms with Gasteiger partial charge in [-0.15, -0.1) is 0 Å². The van der Waals surface area contributed by atoms with E-state index in [1.165, 1.54) is 0 Å². The van der Waals surface area contributed by atoms with Crippen LogP contribution in [0, 0.1) is 23.7 Å². The van der Waals surface area contributed by atoms with Gasteiger partial charge in [-0.25, -0.2) is 9.98 Å². The number of esters is 1. The molecular formula is C17H28N2O4. The predicted octanol–water partition coefficient (Wildman–Crippen LogP) is 2.32. The topological polar surface area (TPSA) is 69.5 Å². The second kappa shape index (κ2) is 7.32. The molecule has 1 heterocycles. The Morgan fingerprint density at radius 3 is 2.26 bits per heavy atom. The Kier molecular flexibility index (Phi) is 5.65. The summed E-state index contributed by atoms with van der Waals surface area (Å²) in [5.41, 5.74) is 0. The zero-order valence-electron chi connectivity index (χ0n) is 14.9. The maximum absolute atomic E-state index is 12.2. The van der Waals surface area contributed by atoms with Crippen LogP contribution in [0.15, 0.2) is 9.98 Å². The summed E-state index contributed by atoms with van der Waals surface area (Å²) in [6.07, 6.45) is 0.910. The quantitative estimate of drug-likeness (QED) is 0.728. The number of carbonyl (C=O) groups excluding carboxylic acids is 1. The summed E-state index contributed by atoms with van der Waals surface area (Å²) in [4.78, 5) is 21.6. The Morgan fingerprint density at radius 1 is 1.13 bits per heavy atom. The van der Waals surface area contributed by atoms with Crippen molar-refractivity contribution in [1.82, 2.24) is 0 Å². The van der Waals surface area contributed by atoms with Crippen LogP contribution in [0.4, 0.5) is 0 Å². The Bertz CT molecular complexity index is 501. The molecule has 1 fully saturated rings. The van der Waals surface area contributed by atoms with Crippen LogP contribution in [0.2, 0.25) is 0 Å². The summed E-state index contributed by atoms with van der Waals surface area (Å²) in [7, 11) is 3.23. The molecule has 0 bridgehead atoms. The molecule has 2 aliphatic rings. The molecule has 0 saturated heterocycles. The van der Waals surface area contributed by atoms with Gasteiger partial charge in [0.1, 0.15) is 12.1 Å². The van der Waals surface area contributed by atoms with E-state index < -0.39 is 0 Å². The highest BCUT2D eigenvalue weighted by molar-refractivity contribution is 5.95. The number of ether oxygens (including phenoxy) is 3. The number of rotatable bonds is 5. The van der Waals surface area contributed by atoms with E-state index in [0.29, 0.717) is 18.4 Å². The van der Waals surface area contributed by atoms with Crippen molar-refractivity contribution in [2.24, 2.45) is 33.7 Å². The van der Waals surface area contributed by atoms with Gasteiger partial charge in [-0.05, 0) is 18.8 Å². The van der Waals surface area contributed by atoms with Crippen LogP contribution in [0.25, 0.3) is 0 Å². The monoisotopic (exact) mass is 324 g/mol. The van der Waals surface area contributed by atoms with Crippen molar-refractivity contribution >= 4 is 17.8 Å². The minimum atomic E-state index is -0.260. The largest absolute Gasteiger partial charge is 0.483 e. The molecule has 0 aromatic carbocycles. The van der Waals surface area contributed by atoms with Crippen molar-refractivity contribution in [3.63, 3.8) is 0 Å². The van der Waals surface area contributed by atoms with Gasteiger partial charge >= 0.3 is 5.97 Å². The minimum Gasteiger partial charge on any atom is -0.483 e. The lowest BCUT2D eigenvalue weighted by atomic mass is 10.0. The van der Waals surface area contributed by atoms with Crippen LogP contribution in [0.3, 0.4) is 0 Å². The molecule has 1 aliphatic heterocycles. The zero-order valence-corrected chi connectivity index (χ0v) is 14.9. The standard InChI is InChI=1S/C17H28N2O4/c1-7-10-11(12(10)17(20)23-8-2)14-16(22-6)18-13(9(3)4)15(19-14)21-5/h9-14H,7-8H2,1-6H3/t10-,11-,12-,13+,14-/m0/s1. The van der Waals surface area contributed by atoms with E-state index >= 15 is 0 Å². The summed E-state index contributed by atoms with van der Waals surface area (Å²) in [5.74, 6) is 1.56. The average molecular weight is 324 g/mol. The Morgan fingerprint density at radius 2 is 1.78 bits per heavy atom. The molecule has 0 unspecified atom stereocenters. The zero-order chi connectivity index (χ0) is 17.1. The maximum atomic E-state index is 12.2. The van der Waals surface area contributed by atoms with Crippen molar-refractivity contribution in [1.29, 1.82) is 0 Å². The molecule has 0 N–H and O–H groups in total. The van der Waals surface area contributed by atoms with Crippen LogP contribution in [0.5, 0.6) is 0 Å². The van der Waals surface area contributed by atoms with Crippen molar-refractivity contribution in [3.8, 4) is 0 Å². The normalized spacial score (nSPS) is 32.9. The van der Waals surface area contributed by atoms with Crippen molar-refractivity contribution < 1.29 is 19.0 Å². The summed E-state index contributed by atoms with van der Waals surface area (Å²) >= 11 is 0. The van der Waals surface area contributed by atoms with Gasteiger partial charge in [0.25, 0.3) is 0 Å². The van der Waals surface area contributed by atoms with Gasteiger partial charge in [-0.1, -0.05) is 27.2 Å². The number of methoxy groups -OCH3 is 2. The van der Waals surface area contributed by atoms with Crippen LogP contribution >= 0.6 is 0 Å². The Hall–Kier alpha value is -1.59. The number of nitrogens with zero attached hydrogens (tertiary/aromatic N) is 2. The van der Waals surface area contributed by atoms with E-state index in [4.69, 9.17) is 19.2 Å². The third kappa shape index (κ3) is 3.35. The van der Waals surface area contributed by atoms with E-state index in [-0.39, 0.29) is 41.7 Å². The van der Waals surface area contributed by atoms with Crippen molar-refractivity contribution in [3.05, 3.63) is 0 Å². The van der Waals surface area contributed by atoms with E-state index in [1.807, 2.05) is 6.92 Å². The van der Waals surface area contributed by atoms with Crippen LogP contribution in [0.1, 0.15) is 34.1 Å². The van der Waals surface area contributed by atoms with Gasteiger partial charge in [0.05, 0.1) is 26.7 Å². The molecule has 0 aromatic rings. The molecule has 0 aromatic heterocycles. The fraction of sp³-hybridized carbons (Fsp3) is 0.824. The first kappa shape index (κ1) is 17.8. The molecule has 6 nitrogen and oxygen atoms in total. The fourth-order valence-corrected chi connectivity index (χ4v) is 3.50. The fourth-order valence-electron chi connectivity index (χ4n) is 3.50. The van der Waals surface area contributed by atoms with E-state index in [1.54, 1.807) is 14.2 Å². The summed E-state index contributed by atoms with van der Waals surface area (Å²) in [6, 6.07) is -0.393. The number of carbonyl (C=O) groups is 1. The number of aliphatic imine (C=N–C) groups is 2. The molecule has 0 radical (unpaired) electrons. The SMILES string of the molecule is CCOC(=O)[C@H]1[C@@H](CC)[C@@H]1[C@@H]1N=C(OC)[C@@H](C(C)C)N=C1OC. The molecule has 23 heavy (non-hydrogen) atoms. The molecule has 130 valence electrons. The smallest absolute Gasteiger partial charge is 0.309 e. The van der Waals surface area contributed by atoms with Crippen molar-refractivity contribution in [2.45, 2.75) is 46.2 Å². The molecule has 1 saturated carbocycles. The molecule has 1 aliphatic carbocycles. The Balaban J connectivity index is 2.25. The number of hydrogen-bond acceptors (Lipinski definition) is 6. The lowest BCUT2D eigenvalue weighted by Gasteiger charge is -2.27. The maximum Gasteiger partial charge on any atom is 0.309 e. The van der Waals surface area contributed by atoms with Crippen LogP contribution in [-0.2, 0) is 19.0 Å². The summed E-state index contributed by atoms with van der Waals surface area (Å²) < 4.78 is 16.1. The lowest BCUT2D eigenvalue weighted by Crippen LogP contribution is -2.39. The van der Waals surface area contributed by atoms with Crippen LogP contribution < -0.4 is 0 Å². The second-order valence-corrected chi connectivity index (χ2v) is 6.40.